The Morgan fingerprint density at radius 3 is 2.31 bits per heavy atom. The van der Waals surface area contributed by atoms with Gasteiger partial charge in [-0.1, -0.05) is 0 Å². The Morgan fingerprint density at radius 1 is 1.44 bits per heavy atom. The average molecular weight is 240 g/mol. The highest BCUT2D eigenvalue weighted by molar-refractivity contribution is 5.78. The average Bonchev–Trinajstić information content (AvgIpc) is 2.17. The second-order valence-corrected chi connectivity index (χ2v) is 4.03. The van der Waals surface area contributed by atoms with Gasteiger partial charge in [-0.2, -0.15) is 8.78 Å². The standard InChI is InChI=1S/C10H18F2O4/c1-5-16-8(14)10(11,12)7(13)6-9(2,3)15-4/h7,13H,5-6H2,1-4H3. The summed E-state index contributed by atoms with van der Waals surface area (Å²) in [5.74, 6) is -5.62. The minimum absolute atomic E-state index is 0.158. The number of hydrogen-bond donors (Lipinski definition) is 1. The highest BCUT2D eigenvalue weighted by Gasteiger charge is 2.49. The first-order valence-corrected chi connectivity index (χ1v) is 4.95. The fourth-order valence-electron chi connectivity index (χ4n) is 1.04. The van der Waals surface area contributed by atoms with Crippen molar-refractivity contribution >= 4 is 5.97 Å². The third kappa shape index (κ3) is 4.02. The molecule has 0 fully saturated rings. The van der Waals surface area contributed by atoms with Gasteiger partial charge in [0.1, 0.15) is 6.10 Å². The first-order valence-electron chi connectivity index (χ1n) is 4.95. The van der Waals surface area contributed by atoms with E-state index >= 15 is 0 Å². The van der Waals surface area contributed by atoms with E-state index in [4.69, 9.17) is 4.74 Å². The number of methoxy groups -OCH3 is 1. The zero-order valence-electron chi connectivity index (χ0n) is 9.92. The van der Waals surface area contributed by atoms with Gasteiger partial charge in [0.2, 0.25) is 0 Å². The van der Waals surface area contributed by atoms with Gasteiger partial charge in [0, 0.05) is 13.5 Å². The van der Waals surface area contributed by atoms with Crippen molar-refractivity contribution in [3.63, 3.8) is 0 Å². The molecule has 1 N–H and O–H groups in total. The van der Waals surface area contributed by atoms with Crippen molar-refractivity contribution in [3.8, 4) is 0 Å². The van der Waals surface area contributed by atoms with Gasteiger partial charge in [-0.25, -0.2) is 4.79 Å². The SMILES string of the molecule is CCOC(=O)C(F)(F)C(O)CC(C)(C)OC. The number of aliphatic hydroxyl groups excluding tert-OH is 1. The van der Waals surface area contributed by atoms with E-state index in [9.17, 15) is 18.7 Å². The second-order valence-electron chi connectivity index (χ2n) is 4.03. The Hall–Kier alpha value is -0.750. The molecule has 1 unspecified atom stereocenters. The monoisotopic (exact) mass is 240 g/mol. The van der Waals surface area contributed by atoms with Gasteiger partial charge in [0.25, 0.3) is 0 Å². The van der Waals surface area contributed by atoms with Crippen molar-refractivity contribution in [2.45, 2.75) is 44.8 Å². The minimum atomic E-state index is -3.91. The normalized spacial score (nSPS) is 14.7. The Labute approximate surface area is 93.5 Å². The Kier molecular flexibility index (Phi) is 5.28. The summed E-state index contributed by atoms with van der Waals surface area (Å²) in [7, 11) is 1.34. The molecule has 0 radical (unpaired) electrons. The van der Waals surface area contributed by atoms with Crippen LogP contribution in [0.4, 0.5) is 8.78 Å². The minimum Gasteiger partial charge on any atom is -0.461 e. The van der Waals surface area contributed by atoms with Crippen molar-refractivity contribution in [2.75, 3.05) is 13.7 Å². The predicted molar refractivity (Wildman–Crippen MR) is 53.3 cm³/mol. The Bertz CT molecular complexity index is 241. The van der Waals surface area contributed by atoms with Crippen molar-refractivity contribution in [3.05, 3.63) is 0 Å². The first-order chi connectivity index (χ1) is 7.17. The summed E-state index contributed by atoms with van der Waals surface area (Å²) in [6.07, 6.45) is -2.49. The lowest BCUT2D eigenvalue weighted by atomic mass is 9.97. The third-order valence-electron chi connectivity index (χ3n) is 2.20. The molecule has 0 aromatic rings. The number of halogens is 2. The van der Waals surface area contributed by atoms with E-state index in [1.54, 1.807) is 0 Å². The number of rotatable bonds is 6. The zero-order chi connectivity index (χ0) is 13.0. The maximum Gasteiger partial charge on any atom is 0.379 e. The lowest BCUT2D eigenvalue weighted by Gasteiger charge is -2.28. The molecule has 0 aromatic carbocycles. The van der Waals surface area contributed by atoms with Gasteiger partial charge in [-0.3, -0.25) is 0 Å². The number of ether oxygens (including phenoxy) is 2. The molecule has 0 aromatic heterocycles. The van der Waals surface area contributed by atoms with Crippen LogP contribution in [0.5, 0.6) is 0 Å². The van der Waals surface area contributed by atoms with Crippen LogP contribution in [0.2, 0.25) is 0 Å². The van der Waals surface area contributed by atoms with Crippen molar-refractivity contribution in [1.82, 2.24) is 0 Å². The van der Waals surface area contributed by atoms with Crippen LogP contribution in [0.15, 0.2) is 0 Å². The topological polar surface area (TPSA) is 55.8 Å². The van der Waals surface area contributed by atoms with E-state index in [1.165, 1.54) is 27.9 Å². The largest absolute Gasteiger partial charge is 0.461 e. The molecule has 16 heavy (non-hydrogen) atoms. The number of carbonyl (C=O) groups is 1. The number of carbonyl (C=O) groups excluding carboxylic acids is 1. The molecule has 1 atom stereocenters. The first kappa shape index (κ1) is 15.2. The summed E-state index contributed by atoms with van der Waals surface area (Å²) in [5.41, 5.74) is -0.935. The molecule has 0 saturated heterocycles. The van der Waals surface area contributed by atoms with Crippen molar-refractivity contribution < 1.29 is 28.2 Å². The Balaban J connectivity index is 4.57. The fourth-order valence-corrected chi connectivity index (χ4v) is 1.04. The smallest absolute Gasteiger partial charge is 0.379 e. The molecular formula is C10H18F2O4. The van der Waals surface area contributed by atoms with E-state index in [1.807, 2.05) is 0 Å². The van der Waals surface area contributed by atoms with Gasteiger partial charge in [-0.05, 0) is 20.8 Å². The van der Waals surface area contributed by atoms with E-state index in [-0.39, 0.29) is 13.0 Å². The van der Waals surface area contributed by atoms with Crippen LogP contribution in [0, 0.1) is 0 Å². The van der Waals surface area contributed by atoms with Crippen molar-refractivity contribution in [2.24, 2.45) is 0 Å². The summed E-state index contributed by atoms with van der Waals surface area (Å²) in [6.45, 7) is 4.34. The van der Waals surface area contributed by atoms with E-state index < -0.39 is 23.6 Å². The van der Waals surface area contributed by atoms with Crippen molar-refractivity contribution in [1.29, 1.82) is 0 Å². The van der Waals surface area contributed by atoms with E-state index in [0.29, 0.717) is 0 Å². The molecule has 0 amide bonds. The van der Waals surface area contributed by atoms with Crippen LogP contribution in [-0.2, 0) is 14.3 Å². The van der Waals surface area contributed by atoms with Crippen LogP contribution in [0.25, 0.3) is 0 Å². The molecule has 0 saturated carbocycles. The molecule has 0 aliphatic rings. The van der Waals surface area contributed by atoms with Gasteiger partial charge in [0.15, 0.2) is 0 Å². The predicted octanol–water partition coefficient (Wildman–Crippen LogP) is 1.36. The summed E-state index contributed by atoms with van der Waals surface area (Å²) >= 11 is 0. The van der Waals surface area contributed by atoms with Crippen LogP contribution in [0.1, 0.15) is 27.2 Å². The van der Waals surface area contributed by atoms with Gasteiger partial charge in [-0.15, -0.1) is 0 Å². The van der Waals surface area contributed by atoms with Crippen LogP contribution in [0.3, 0.4) is 0 Å². The number of hydrogen-bond acceptors (Lipinski definition) is 4. The summed E-state index contributed by atoms with van der Waals surface area (Å²) in [6, 6.07) is 0. The molecule has 96 valence electrons. The number of aliphatic hydroxyl groups is 1. The van der Waals surface area contributed by atoms with E-state index in [2.05, 4.69) is 4.74 Å². The van der Waals surface area contributed by atoms with Crippen LogP contribution < -0.4 is 0 Å². The van der Waals surface area contributed by atoms with E-state index in [0.717, 1.165) is 0 Å². The Morgan fingerprint density at radius 2 is 1.94 bits per heavy atom. The maximum atomic E-state index is 13.3. The van der Waals surface area contributed by atoms with Gasteiger partial charge < -0.3 is 14.6 Å². The molecule has 0 spiro atoms. The molecular weight excluding hydrogens is 222 g/mol. The third-order valence-corrected chi connectivity index (χ3v) is 2.20. The molecule has 0 bridgehead atoms. The second kappa shape index (κ2) is 5.54. The fraction of sp³-hybridized carbons (Fsp3) is 0.900. The summed E-state index contributed by atoms with van der Waals surface area (Å²) < 4.78 is 35.7. The molecule has 0 aliphatic heterocycles. The molecule has 4 nitrogen and oxygen atoms in total. The zero-order valence-corrected chi connectivity index (χ0v) is 9.92. The maximum absolute atomic E-state index is 13.3. The highest BCUT2D eigenvalue weighted by Crippen LogP contribution is 2.28. The highest BCUT2D eigenvalue weighted by atomic mass is 19.3. The number of esters is 1. The van der Waals surface area contributed by atoms with Gasteiger partial charge in [0.05, 0.1) is 12.2 Å². The van der Waals surface area contributed by atoms with Crippen LogP contribution in [-0.4, -0.2) is 42.4 Å². The van der Waals surface area contributed by atoms with Crippen LogP contribution >= 0.6 is 0 Å². The molecule has 6 heteroatoms. The molecule has 0 rings (SSSR count). The molecule has 0 heterocycles. The summed E-state index contributed by atoms with van der Waals surface area (Å²) in [5, 5.41) is 9.31. The lowest BCUT2D eigenvalue weighted by molar-refractivity contribution is -0.193. The molecule has 0 aliphatic carbocycles. The summed E-state index contributed by atoms with van der Waals surface area (Å²) in [4.78, 5) is 10.9. The lowest BCUT2D eigenvalue weighted by Crippen LogP contribution is -2.46. The van der Waals surface area contributed by atoms with Gasteiger partial charge >= 0.3 is 11.9 Å². The number of alkyl halides is 2. The quantitative estimate of drug-likeness (QED) is 0.712.